The third kappa shape index (κ3) is 3.39. The van der Waals surface area contributed by atoms with Gasteiger partial charge in [0.2, 0.25) is 11.8 Å². The maximum absolute atomic E-state index is 12.8. The van der Waals surface area contributed by atoms with E-state index in [1.165, 1.54) is 12.8 Å². The van der Waals surface area contributed by atoms with Gasteiger partial charge in [0.05, 0.1) is 5.88 Å². The molecule has 22 heavy (non-hydrogen) atoms. The van der Waals surface area contributed by atoms with Crippen molar-refractivity contribution >= 4 is 36.0 Å². The van der Waals surface area contributed by atoms with Crippen LogP contribution in [0.5, 0.6) is 0 Å². The highest BCUT2D eigenvalue weighted by molar-refractivity contribution is 7.99. The topological polar surface area (TPSA) is 52.7 Å². The molecule has 0 aromatic heterocycles. The number of carbonyl (C=O) groups excluding carboxylic acids is 2. The third-order valence-electron chi connectivity index (χ3n) is 5.13. The molecule has 7 heteroatoms. The molecule has 126 valence electrons. The van der Waals surface area contributed by atoms with Crippen LogP contribution >= 0.6 is 24.2 Å². The van der Waals surface area contributed by atoms with Crippen molar-refractivity contribution in [3.8, 4) is 0 Å². The quantitative estimate of drug-likeness (QED) is 0.839. The van der Waals surface area contributed by atoms with Crippen LogP contribution in [0.1, 0.15) is 39.0 Å². The summed E-state index contributed by atoms with van der Waals surface area (Å²) in [5.74, 6) is 1.63. The second-order valence-corrected chi connectivity index (χ2v) is 7.44. The molecule has 3 aliphatic heterocycles. The molecule has 0 spiro atoms. The number of fused-ring (bicyclic) bond motifs is 2. The molecule has 2 amide bonds. The van der Waals surface area contributed by atoms with E-state index in [-0.39, 0.29) is 30.3 Å². The smallest absolute Gasteiger partial charge is 0.246 e. The van der Waals surface area contributed by atoms with E-state index < -0.39 is 0 Å². The minimum Gasteiger partial charge on any atom is -0.341 e. The summed E-state index contributed by atoms with van der Waals surface area (Å²) in [4.78, 5) is 28.5. The monoisotopic (exact) mass is 347 g/mol. The Kier molecular flexibility index (Phi) is 6.02. The summed E-state index contributed by atoms with van der Waals surface area (Å²) in [7, 11) is 1.93. The zero-order valence-corrected chi connectivity index (χ0v) is 14.9. The normalized spacial score (nSPS) is 33.5. The van der Waals surface area contributed by atoms with Crippen LogP contribution < -0.4 is 5.32 Å². The zero-order chi connectivity index (χ0) is 15.0. The number of amides is 2. The third-order valence-corrected chi connectivity index (χ3v) is 6.15. The number of rotatable bonds is 3. The van der Waals surface area contributed by atoms with Crippen LogP contribution in [0.25, 0.3) is 0 Å². The summed E-state index contributed by atoms with van der Waals surface area (Å²) in [6, 6.07) is 1.24. The van der Waals surface area contributed by atoms with Gasteiger partial charge in [0, 0.05) is 37.3 Å². The van der Waals surface area contributed by atoms with Crippen LogP contribution in [-0.4, -0.2) is 64.5 Å². The first kappa shape index (κ1) is 17.9. The molecule has 3 atom stereocenters. The first-order valence-corrected chi connectivity index (χ1v) is 9.15. The van der Waals surface area contributed by atoms with E-state index in [0.717, 1.165) is 18.6 Å². The van der Waals surface area contributed by atoms with Gasteiger partial charge in [-0.25, -0.2) is 0 Å². The van der Waals surface area contributed by atoms with Crippen LogP contribution in [0, 0.1) is 0 Å². The fourth-order valence-corrected chi connectivity index (χ4v) is 5.03. The van der Waals surface area contributed by atoms with Crippen LogP contribution in [0.15, 0.2) is 0 Å². The highest BCUT2D eigenvalue weighted by Crippen LogP contribution is 2.31. The fraction of sp³-hybridized carbons (Fsp3) is 0.867. The summed E-state index contributed by atoms with van der Waals surface area (Å²) >= 11 is 1.69. The van der Waals surface area contributed by atoms with Crippen LogP contribution in [-0.2, 0) is 9.59 Å². The molecule has 1 N–H and O–H groups in total. The zero-order valence-electron chi connectivity index (χ0n) is 13.3. The number of thioether (sulfide) groups is 1. The predicted octanol–water partition coefficient (Wildman–Crippen LogP) is 1.46. The van der Waals surface area contributed by atoms with Crippen molar-refractivity contribution in [3.63, 3.8) is 0 Å². The molecule has 3 saturated heterocycles. The summed E-state index contributed by atoms with van der Waals surface area (Å²) in [5.41, 5.74) is 0. The molecule has 0 radical (unpaired) electrons. The van der Waals surface area contributed by atoms with Gasteiger partial charge in [-0.05, 0) is 25.7 Å². The number of carbonyl (C=O) groups is 2. The largest absolute Gasteiger partial charge is 0.341 e. The molecular formula is C15H26ClN3O2S. The lowest BCUT2D eigenvalue weighted by Crippen LogP contribution is -2.54. The van der Waals surface area contributed by atoms with Crippen LogP contribution in [0.4, 0.5) is 0 Å². The molecule has 5 nitrogen and oxygen atoms in total. The van der Waals surface area contributed by atoms with Crippen molar-refractivity contribution in [2.45, 2.75) is 63.2 Å². The average molecular weight is 348 g/mol. The van der Waals surface area contributed by atoms with E-state index in [9.17, 15) is 9.59 Å². The van der Waals surface area contributed by atoms with Crippen molar-refractivity contribution in [2.75, 3.05) is 18.7 Å². The highest BCUT2D eigenvalue weighted by atomic mass is 35.5. The predicted molar refractivity (Wildman–Crippen MR) is 91.2 cm³/mol. The van der Waals surface area contributed by atoms with E-state index >= 15 is 0 Å². The Hall–Kier alpha value is -0.460. The van der Waals surface area contributed by atoms with Gasteiger partial charge in [-0.1, -0.05) is 6.92 Å². The Morgan fingerprint density at radius 3 is 2.50 bits per heavy atom. The lowest BCUT2D eigenvalue weighted by molar-refractivity contribution is -0.144. The fourth-order valence-electron chi connectivity index (χ4n) is 3.85. The van der Waals surface area contributed by atoms with Gasteiger partial charge in [-0.15, -0.1) is 24.2 Å². The molecule has 0 aromatic rings. The highest BCUT2D eigenvalue weighted by Gasteiger charge is 2.40. The molecule has 0 saturated carbocycles. The van der Waals surface area contributed by atoms with Crippen molar-refractivity contribution in [3.05, 3.63) is 0 Å². The van der Waals surface area contributed by atoms with Gasteiger partial charge in [0.1, 0.15) is 6.04 Å². The summed E-state index contributed by atoms with van der Waals surface area (Å²) in [6.07, 6.45) is 5.07. The number of halogens is 1. The Labute approximate surface area is 142 Å². The number of hydrogen-bond donors (Lipinski definition) is 1. The van der Waals surface area contributed by atoms with E-state index in [4.69, 9.17) is 0 Å². The van der Waals surface area contributed by atoms with Gasteiger partial charge in [-0.3, -0.25) is 9.59 Å². The second-order valence-electron chi connectivity index (χ2n) is 6.45. The van der Waals surface area contributed by atoms with Gasteiger partial charge >= 0.3 is 0 Å². The molecule has 3 heterocycles. The number of nitrogens with one attached hydrogen (secondary N) is 1. The second kappa shape index (κ2) is 7.41. The first-order valence-electron chi connectivity index (χ1n) is 8.00. The van der Waals surface area contributed by atoms with E-state index in [0.29, 0.717) is 30.4 Å². The maximum Gasteiger partial charge on any atom is 0.246 e. The molecule has 0 aliphatic carbocycles. The lowest BCUT2D eigenvalue weighted by Gasteiger charge is -2.37. The van der Waals surface area contributed by atoms with Crippen LogP contribution in [0.2, 0.25) is 0 Å². The number of hydrogen-bond acceptors (Lipinski definition) is 4. The van der Waals surface area contributed by atoms with Gasteiger partial charge in [-0.2, -0.15) is 0 Å². The molecular weight excluding hydrogens is 322 g/mol. The van der Waals surface area contributed by atoms with Gasteiger partial charge in [0.15, 0.2) is 0 Å². The van der Waals surface area contributed by atoms with E-state index in [2.05, 4.69) is 5.32 Å². The van der Waals surface area contributed by atoms with Crippen molar-refractivity contribution in [1.82, 2.24) is 15.1 Å². The van der Waals surface area contributed by atoms with Crippen molar-refractivity contribution < 1.29 is 9.59 Å². The first-order chi connectivity index (χ1) is 10.1. The summed E-state index contributed by atoms with van der Waals surface area (Å²) in [5, 5.41) is 3.61. The Bertz CT molecular complexity index is 425. The number of nitrogens with zero attached hydrogens (tertiary/aromatic N) is 2. The maximum atomic E-state index is 12.8. The number of likely N-dealkylation sites (N-methyl/N-ethyl adjacent to an activating group) is 1. The molecule has 2 bridgehead atoms. The lowest BCUT2D eigenvalue weighted by atomic mass is 9.98. The van der Waals surface area contributed by atoms with Crippen molar-refractivity contribution in [1.29, 1.82) is 0 Å². The van der Waals surface area contributed by atoms with Crippen molar-refractivity contribution in [2.24, 2.45) is 0 Å². The SMILES string of the molecule is CCC(=O)N1CSCC1C(=O)N(C)C1CC2CCC(C1)N2.Cl. The Balaban J connectivity index is 0.00000176. The minimum absolute atomic E-state index is 0. The number of piperidine rings is 1. The van der Waals surface area contributed by atoms with Crippen LogP contribution in [0.3, 0.4) is 0 Å². The Morgan fingerprint density at radius 1 is 1.27 bits per heavy atom. The minimum atomic E-state index is -0.250. The Morgan fingerprint density at radius 2 is 1.91 bits per heavy atom. The molecule has 0 aromatic carbocycles. The van der Waals surface area contributed by atoms with Gasteiger partial charge < -0.3 is 15.1 Å². The van der Waals surface area contributed by atoms with E-state index in [1.807, 2.05) is 18.9 Å². The molecule has 3 unspecified atom stereocenters. The average Bonchev–Trinajstić information content (AvgIpc) is 3.11. The summed E-state index contributed by atoms with van der Waals surface area (Å²) in [6.45, 7) is 1.86. The van der Waals surface area contributed by atoms with E-state index in [1.54, 1.807) is 16.7 Å². The molecule has 3 rings (SSSR count). The van der Waals surface area contributed by atoms with Gasteiger partial charge in [0.25, 0.3) is 0 Å². The summed E-state index contributed by atoms with van der Waals surface area (Å²) < 4.78 is 0. The standard InChI is InChI=1S/C15H25N3O2S.ClH/c1-3-14(19)18-9-21-8-13(18)15(20)17(2)12-6-10-4-5-11(7-12)16-10;/h10-13,16H,3-9H2,1-2H3;1H. The molecule has 3 aliphatic rings. The molecule has 3 fully saturated rings.